The van der Waals surface area contributed by atoms with E-state index in [2.05, 4.69) is 48.5 Å². The molecule has 0 aromatic rings. The Morgan fingerprint density at radius 2 is 0.600 bits per heavy atom. The third-order valence-corrected chi connectivity index (χ3v) is 17.8. The van der Waals surface area contributed by atoms with E-state index in [1.807, 2.05) is 0 Å². The fourth-order valence-corrected chi connectivity index (χ4v) is 11.3. The minimum Gasteiger partial charge on any atom is -0.462 e. The summed E-state index contributed by atoms with van der Waals surface area (Å²) < 4.78 is 68.1. The Labute approximate surface area is 517 Å². The van der Waals surface area contributed by atoms with Crippen molar-refractivity contribution in [2.75, 3.05) is 39.6 Å². The van der Waals surface area contributed by atoms with Crippen LogP contribution in [0.4, 0.5) is 0 Å². The van der Waals surface area contributed by atoms with Crippen LogP contribution in [0.5, 0.6) is 0 Å². The summed E-state index contributed by atoms with van der Waals surface area (Å²) in [4.78, 5) is 72.3. The molecule has 504 valence electrons. The molecule has 0 fully saturated rings. The van der Waals surface area contributed by atoms with Crippen molar-refractivity contribution < 1.29 is 80.2 Å². The number of hydrogen-bond donors (Lipinski definition) is 3. The summed E-state index contributed by atoms with van der Waals surface area (Å²) in [5.74, 6) is 0.0836. The number of phosphoric acid groups is 2. The quantitative estimate of drug-likeness (QED) is 0.0222. The molecule has 0 aromatic carbocycles. The van der Waals surface area contributed by atoms with Crippen LogP contribution in [0.3, 0.4) is 0 Å². The maximum Gasteiger partial charge on any atom is 0.472 e. The standard InChI is InChI=1S/C66H128O17P2/c1-8-11-12-13-14-15-16-17-18-25-33-40-47-63(68)76-53-61(82-66(71)50-43-36-27-22-20-24-31-38-45-58(6)9-2)55-80-84(72,73)78-51-60(67)52-79-85(74,75)81-56-62(54-77-64(69)48-41-34-29-28-32-39-46-59(7)10-3)83-65(70)49-42-35-26-21-19-23-30-37-44-57(4)5/h57-62,67H,8-56H2,1-7H3,(H,72,73)(H,74,75)/t58?,59?,60-,61-,62-/m1/s1. The predicted octanol–water partition coefficient (Wildman–Crippen LogP) is 18.3. The second kappa shape index (κ2) is 57.2. The zero-order valence-electron chi connectivity index (χ0n) is 55.1. The summed E-state index contributed by atoms with van der Waals surface area (Å²) in [6.45, 7) is 11.7. The van der Waals surface area contributed by atoms with Crippen LogP contribution in [-0.4, -0.2) is 96.7 Å². The third kappa shape index (κ3) is 58.2. The van der Waals surface area contributed by atoms with Crippen molar-refractivity contribution in [3.05, 3.63) is 0 Å². The largest absolute Gasteiger partial charge is 0.472 e. The Hall–Kier alpha value is -1.94. The second-order valence-corrected chi connectivity index (χ2v) is 27.7. The molecule has 0 radical (unpaired) electrons. The number of esters is 4. The van der Waals surface area contributed by atoms with Gasteiger partial charge in [-0.25, -0.2) is 9.13 Å². The molecule has 0 bridgehead atoms. The van der Waals surface area contributed by atoms with Crippen LogP contribution in [0.15, 0.2) is 0 Å². The first-order valence-corrected chi connectivity index (χ1v) is 37.4. The van der Waals surface area contributed by atoms with E-state index in [1.54, 1.807) is 0 Å². The highest BCUT2D eigenvalue weighted by molar-refractivity contribution is 7.47. The smallest absolute Gasteiger partial charge is 0.462 e. The Morgan fingerprint density at radius 3 is 0.894 bits per heavy atom. The summed E-state index contributed by atoms with van der Waals surface area (Å²) in [5.41, 5.74) is 0. The lowest BCUT2D eigenvalue weighted by molar-refractivity contribution is -0.161. The van der Waals surface area contributed by atoms with Gasteiger partial charge in [0.25, 0.3) is 0 Å². The van der Waals surface area contributed by atoms with Gasteiger partial charge >= 0.3 is 39.5 Å². The van der Waals surface area contributed by atoms with Gasteiger partial charge in [-0.15, -0.1) is 0 Å². The lowest BCUT2D eigenvalue weighted by Gasteiger charge is -2.21. The van der Waals surface area contributed by atoms with Gasteiger partial charge in [-0.05, 0) is 43.4 Å². The Kier molecular flexibility index (Phi) is 55.9. The maximum atomic E-state index is 13.0. The van der Waals surface area contributed by atoms with Crippen molar-refractivity contribution in [2.24, 2.45) is 17.8 Å². The van der Waals surface area contributed by atoms with Gasteiger partial charge in [-0.1, -0.05) is 273 Å². The van der Waals surface area contributed by atoms with Gasteiger partial charge in [0.05, 0.1) is 26.4 Å². The molecule has 7 atom stereocenters. The zero-order chi connectivity index (χ0) is 63.1. The van der Waals surface area contributed by atoms with Crippen molar-refractivity contribution in [1.82, 2.24) is 0 Å². The lowest BCUT2D eigenvalue weighted by Crippen LogP contribution is -2.30. The topological polar surface area (TPSA) is 237 Å². The Bertz CT molecular complexity index is 1690. The van der Waals surface area contributed by atoms with E-state index in [1.165, 1.54) is 128 Å². The molecule has 0 aliphatic rings. The molecule has 0 saturated carbocycles. The van der Waals surface area contributed by atoms with Crippen molar-refractivity contribution in [3.63, 3.8) is 0 Å². The zero-order valence-corrected chi connectivity index (χ0v) is 56.9. The highest BCUT2D eigenvalue weighted by Crippen LogP contribution is 2.45. The van der Waals surface area contributed by atoms with Crippen LogP contribution in [0.1, 0.15) is 325 Å². The molecule has 0 heterocycles. The van der Waals surface area contributed by atoms with Crippen LogP contribution >= 0.6 is 15.6 Å². The van der Waals surface area contributed by atoms with Crippen LogP contribution in [0, 0.1) is 17.8 Å². The molecule has 0 spiro atoms. The van der Waals surface area contributed by atoms with E-state index < -0.39 is 97.5 Å². The first-order chi connectivity index (χ1) is 40.8. The van der Waals surface area contributed by atoms with Gasteiger partial charge in [-0.3, -0.25) is 37.3 Å². The summed E-state index contributed by atoms with van der Waals surface area (Å²) in [6.07, 6.45) is 38.9. The number of phosphoric ester groups is 2. The van der Waals surface area contributed by atoms with Crippen LogP contribution < -0.4 is 0 Å². The van der Waals surface area contributed by atoms with E-state index >= 15 is 0 Å². The number of aliphatic hydroxyl groups is 1. The number of unbranched alkanes of at least 4 members (excludes halogenated alkanes) is 30. The van der Waals surface area contributed by atoms with Crippen molar-refractivity contribution in [3.8, 4) is 0 Å². The fourth-order valence-electron chi connectivity index (χ4n) is 9.77. The molecule has 0 amide bonds. The number of ether oxygens (including phenoxy) is 4. The van der Waals surface area contributed by atoms with Crippen LogP contribution in [-0.2, 0) is 65.4 Å². The Morgan fingerprint density at radius 1 is 0.341 bits per heavy atom. The molecule has 17 nitrogen and oxygen atoms in total. The van der Waals surface area contributed by atoms with Gasteiger partial charge in [0.2, 0.25) is 0 Å². The van der Waals surface area contributed by atoms with E-state index in [0.717, 1.165) is 114 Å². The summed E-state index contributed by atoms with van der Waals surface area (Å²) in [7, 11) is -9.89. The van der Waals surface area contributed by atoms with E-state index in [0.29, 0.717) is 25.7 Å². The number of carbonyl (C=O) groups is 4. The van der Waals surface area contributed by atoms with E-state index in [9.17, 15) is 43.2 Å². The number of carbonyl (C=O) groups excluding carboxylic acids is 4. The molecular weight excluding hydrogens is 1130 g/mol. The number of aliphatic hydroxyl groups excluding tert-OH is 1. The van der Waals surface area contributed by atoms with Gasteiger partial charge in [0.15, 0.2) is 12.2 Å². The normalized spacial score (nSPS) is 15.0. The van der Waals surface area contributed by atoms with Gasteiger partial charge in [0, 0.05) is 25.7 Å². The minimum absolute atomic E-state index is 0.103. The molecular formula is C66H128O17P2. The molecule has 19 heteroatoms. The average molecular weight is 1260 g/mol. The number of rotatable bonds is 64. The first kappa shape index (κ1) is 83.1. The maximum absolute atomic E-state index is 13.0. The summed E-state index contributed by atoms with van der Waals surface area (Å²) >= 11 is 0. The SMILES string of the molecule is CCCCCCCCCCCCCCC(=O)OC[C@H](COP(=O)(O)OC[C@@H](O)COP(=O)(O)OC[C@@H](COC(=O)CCCCCCCCC(C)CC)OC(=O)CCCCCCCCCCC(C)C)OC(=O)CCCCCCCCCCC(C)CC. The molecule has 3 N–H and O–H groups in total. The second-order valence-electron chi connectivity index (χ2n) is 24.8. The van der Waals surface area contributed by atoms with Gasteiger partial charge in [0.1, 0.15) is 19.3 Å². The molecule has 4 unspecified atom stereocenters. The van der Waals surface area contributed by atoms with Crippen LogP contribution in [0.25, 0.3) is 0 Å². The van der Waals surface area contributed by atoms with Crippen molar-refractivity contribution in [2.45, 2.75) is 343 Å². The minimum atomic E-state index is -4.95. The van der Waals surface area contributed by atoms with E-state index in [-0.39, 0.29) is 25.7 Å². The summed E-state index contributed by atoms with van der Waals surface area (Å²) in [5, 5.41) is 10.6. The highest BCUT2D eigenvalue weighted by Gasteiger charge is 2.30. The predicted molar refractivity (Wildman–Crippen MR) is 340 cm³/mol. The van der Waals surface area contributed by atoms with Gasteiger partial charge in [-0.2, -0.15) is 0 Å². The van der Waals surface area contributed by atoms with Gasteiger partial charge < -0.3 is 33.8 Å². The lowest BCUT2D eigenvalue weighted by atomic mass is 9.99. The first-order valence-electron chi connectivity index (χ1n) is 34.4. The molecule has 85 heavy (non-hydrogen) atoms. The van der Waals surface area contributed by atoms with Crippen molar-refractivity contribution in [1.29, 1.82) is 0 Å². The highest BCUT2D eigenvalue weighted by atomic mass is 31.2. The monoisotopic (exact) mass is 1250 g/mol. The molecule has 0 saturated heterocycles. The third-order valence-electron chi connectivity index (χ3n) is 15.9. The fraction of sp³-hybridized carbons (Fsp3) is 0.939. The molecule has 0 rings (SSSR count). The molecule has 0 aromatic heterocycles. The van der Waals surface area contributed by atoms with Crippen molar-refractivity contribution >= 4 is 39.5 Å². The molecule has 0 aliphatic carbocycles. The molecule has 0 aliphatic heterocycles. The summed E-state index contributed by atoms with van der Waals surface area (Å²) in [6, 6.07) is 0. The van der Waals surface area contributed by atoms with E-state index in [4.69, 9.17) is 37.0 Å². The van der Waals surface area contributed by atoms with Crippen LogP contribution in [0.2, 0.25) is 0 Å². The average Bonchev–Trinajstić information content (AvgIpc) is 3.50. The number of hydrogen-bond acceptors (Lipinski definition) is 15. The Balaban J connectivity index is 5.27.